The predicted molar refractivity (Wildman–Crippen MR) is 120 cm³/mol. The molecule has 0 atom stereocenters. The quantitative estimate of drug-likeness (QED) is 0.363. The van der Waals surface area contributed by atoms with E-state index < -0.39 is 17.2 Å². The fraction of sp³-hybridized carbons (Fsp3) is 0.0952. The molecule has 0 unspecified atom stereocenters. The Kier molecular flexibility index (Phi) is 5.58. The average molecular weight is 494 g/mol. The number of aromatic nitrogens is 1. The summed E-state index contributed by atoms with van der Waals surface area (Å²) in [5.74, 6) is -0.858. The highest BCUT2D eigenvalue weighted by atomic mass is 35.5. The summed E-state index contributed by atoms with van der Waals surface area (Å²) in [6, 6.07) is 8.18. The molecule has 0 saturated heterocycles. The van der Waals surface area contributed by atoms with Crippen LogP contribution in [0.5, 0.6) is 5.88 Å². The second kappa shape index (κ2) is 8.06. The topological polar surface area (TPSA) is 96.2 Å². The van der Waals surface area contributed by atoms with Crippen molar-refractivity contribution in [2.24, 2.45) is 0 Å². The van der Waals surface area contributed by atoms with E-state index >= 15 is 0 Å². The summed E-state index contributed by atoms with van der Waals surface area (Å²) in [6.45, 7) is 1.27. The zero-order valence-electron chi connectivity index (χ0n) is 15.7. The van der Waals surface area contributed by atoms with E-state index in [-0.39, 0.29) is 38.2 Å². The van der Waals surface area contributed by atoms with Crippen molar-refractivity contribution < 1.29 is 14.3 Å². The lowest BCUT2D eigenvalue weighted by molar-refractivity contribution is 0.103. The van der Waals surface area contributed by atoms with Gasteiger partial charge in [-0.1, -0.05) is 34.8 Å². The molecule has 0 aliphatic rings. The lowest BCUT2D eigenvalue weighted by Gasteiger charge is -2.14. The van der Waals surface area contributed by atoms with Gasteiger partial charge in [0.2, 0.25) is 11.7 Å². The number of halogens is 3. The van der Waals surface area contributed by atoms with Crippen molar-refractivity contribution in [1.29, 1.82) is 5.26 Å². The van der Waals surface area contributed by atoms with Crippen LogP contribution < -0.4 is 5.56 Å². The molecule has 0 saturated carbocycles. The van der Waals surface area contributed by atoms with Gasteiger partial charge in [-0.15, -0.1) is 11.3 Å². The number of nitriles is 1. The number of benzene rings is 1. The van der Waals surface area contributed by atoms with Gasteiger partial charge in [-0.3, -0.25) is 14.2 Å². The standard InChI is InChI=1S/C21H11Cl3N2O4S/c1-9-12(7-25)20(28)26(8-11-3-2-4-30-11)21(29)15(9)18(27)19-17(24)16-13(23)5-10(22)6-14(16)31-19/h2-6,29H,8H2,1H3. The van der Waals surface area contributed by atoms with E-state index in [2.05, 4.69) is 0 Å². The highest BCUT2D eigenvalue weighted by Crippen LogP contribution is 2.43. The van der Waals surface area contributed by atoms with Gasteiger partial charge in [0.25, 0.3) is 5.56 Å². The Hall–Kier alpha value is -2.76. The molecule has 4 aromatic rings. The maximum absolute atomic E-state index is 13.5. The SMILES string of the molecule is Cc1c(C(=O)c2sc3cc(Cl)cc(Cl)c3c2Cl)c(O)n(Cc2ccco2)c(=O)c1C#N. The van der Waals surface area contributed by atoms with E-state index in [4.69, 9.17) is 39.2 Å². The van der Waals surface area contributed by atoms with Gasteiger partial charge in [0.05, 0.1) is 33.3 Å². The summed E-state index contributed by atoms with van der Waals surface area (Å²) in [7, 11) is 0. The van der Waals surface area contributed by atoms with Gasteiger partial charge in [-0.25, -0.2) is 0 Å². The lowest BCUT2D eigenvalue weighted by Crippen LogP contribution is -2.27. The Bertz CT molecular complexity index is 1460. The van der Waals surface area contributed by atoms with Crippen LogP contribution in [-0.4, -0.2) is 15.5 Å². The summed E-state index contributed by atoms with van der Waals surface area (Å²) in [6.07, 6.45) is 1.41. The highest BCUT2D eigenvalue weighted by molar-refractivity contribution is 7.22. The molecule has 0 aliphatic heterocycles. The number of carbonyl (C=O) groups is 1. The first kappa shape index (κ1) is 21.5. The molecule has 0 aliphatic carbocycles. The number of fused-ring (bicyclic) bond motifs is 1. The van der Waals surface area contributed by atoms with E-state index in [0.717, 1.165) is 15.9 Å². The Morgan fingerprint density at radius 2 is 2.06 bits per heavy atom. The van der Waals surface area contributed by atoms with Crippen LogP contribution in [0.2, 0.25) is 15.1 Å². The van der Waals surface area contributed by atoms with Crippen molar-refractivity contribution in [3.05, 3.63) is 83.3 Å². The fourth-order valence-corrected chi connectivity index (χ4v) is 5.62. The van der Waals surface area contributed by atoms with E-state index in [9.17, 15) is 20.0 Å². The second-order valence-corrected chi connectivity index (χ2v) is 8.89. The zero-order valence-corrected chi connectivity index (χ0v) is 18.8. The molecular weight excluding hydrogens is 483 g/mol. The van der Waals surface area contributed by atoms with Crippen molar-refractivity contribution in [2.75, 3.05) is 0 Å². The third-order valence-corrected chi connectivity index (χ3v) is 6.92. The molecule has 1 aromatic carbocycles. The van der Waals surface area contributed by atoms with E-state index in [1.54, 1.807) is 18.2 Å². The van der Waals surface area contributed by atoms with E-state index in [1.165, 1.54) is 19.3 Å². The number of ketones is 1. The van der Waals surface area contributed by atoms with Crippen LogP contribution in [0.1, 0.15) is 32.1 Å². The third kappa shape index (κ3) is 3.52. The summed E-state index contributed by atoms with van der Waals surface area (Å²) >= 11 is 19.8. The molecule has 31 heavy (non-hydrogen) atoms. The minimum absolute atomic E-state index is 0.0587. The number of aromatic hydroxyl groups is 1. The van der Waals surface area contributed by atoms with Gasteiger partial charge in [-0.2, -0.15) is 5.26 Å². The molecule has 0 fully saturated rings. The Morgan fingerprint density at radius 1 is 1.32 bits per heavy atom. The summed E-state index contributed by atoms with van der Waals surface area (Å²) in [5.41, 5.74) is -1.13. The van der Waals surface area contributed by atoms with Crippen molar-refractivity contribution in [1.82, 2.24) is 4.57 Å². The van der Waals surface area contributed by atoms with Crippen molar-refractivity contribution in [3.63, 3.8) is 0 Å². The van der Waals surface area contributed by atoms with Gasteiger partial charge in [0.15, 0.2) is 0 Å². The van der Waals surface area contributed by atoms with Gasteiger partial charge in [0, 0.05) is 15.1 Å². The molecule has 0 bridgehead atoms. The van der Waals surface area contributed by atoms with Crippen LogP contribution in [0, 0.1) is 18.3 Å². The summed E-state index contributed by atoms with van der Waals surface area (Å²) in [4.78, 5) is 26.3. The molecule has 156 valence electrons. The van der Waals surface area contributed by atoms with Crippen LogP contribution in [0.3, 0.4) is 0 Å². The number of furan rings is 1. The normalized spacial score (nSPS) is 11.1. The van der Waals surface area contributed by atoms with Crippen molar-refractivity contribution >= 4 is 62.0 Å². The molecule has 0 amide bonds. The molecule has 0 radical (unpaired) electrons. The molecule has 1 N–H and O–H groups in total. The van der Waals surface area contributed by atoms with E-state index in [1.807, 2.05) is 6.07 Å². The predicted octanol–water partition coefficient (Wildman–Crippen LogP) is 5.78. The number of thiophene rings is 1. The molecular formula is C21H11Cl3N2O4S. The molecule has 0 spiro atoms. The fourth-order valence-electron chi connectivity index (χ4n) is 3.30. The van der Waals surface area contributed by atoms with Crippen molar-refractivity contribution in [2.45, 2.75) is 13.5 Å². The number of pyridine rings is 1. The monoisotopic (exact) mass is 492 g/mol. The van der Waals surface area contributed by atoms with Crippen LogP contribution in [0.25, 0.3) is 10.1 Å². The third-order valence-electron chi connectivity index (χ3n) is 4.78. The number of nitrogens with zero attached hydrogens (tertiary/aromatic N) is 2. The van der Waals surface area contributed by atoms with Crippen LogP contribution >= 0.6 is 46.1 Å². The van der Waals surface area contributed by atoms with Gasteiger partial charge < -0.3 is 9.52 Å². The van der Waals surface area contributed by atoms with Crippen LogP contribution in [0.4, 0.5) is 0 Å². The second-order valence-electron chi connectivity index (χ2n) is 6.62. The van der Waals surface area contributed by atoms with Gasteiger partial charge >= 0.3 is 0 Å². The maximum atomic E-state index is 13.5. The number of carbonyl (C=O) groups excluding carboxylic acids is 1. The summed E-state index contributed by atoms with van der Waals surface area (Å²) in [5, 5.41) is 21.6. The first-order valence-electron chi connectivity index (χ1n) is 8.75. The summed E-state index contributed by atoms with van der Waals surface area (Å²) < 4.78 is 6.74. The van der Waals surface area contributed by atoms with Gasteiger partial charge in [-0.05, 0) is 36.8 Å². The first-order chi connectivity index (χ1) is 14.7. The van der Waals surface area contributed by atoms with Crippen LogP contribution in [-0.2, 0) is 6.54 Å². The minimum atomic E-state index is -0.734. The van der Waals surface area contributed by atoms with Gasteiger partial charge in [0.1, 0.15) is 17.4 Å². The van der Waals surface area contributed by atoms with Crippen molar-refractivity contribution in [3.8, 4) is 11.9 Å². The molecule has 3 heterocycles. The van der Waals surface area contributed by atoms with E-state index in [0.29, 0.717) is 20.9 Å². The van der Waals surface area contributed by atoms with Crippen LogP contribution in [0.15, 0.2) is 39.7 Å². The lowest BCUT2D eigenvalue weighted by atomic mass is 10.0. The molecule has 10 heteroatoms. The number of hydrogen-bond acceptors (Lipinski definition) is 6. The Labute approximate surface area is 194 Å². The maximum Gasteiger partial charge on any atom is 0.271 e. The Balaban J connectivity index is 1.96. The number of rotatable bonds is 4. The smallest absolute Gasteiger partial charge is 0.271 e. The molecule has 3 aromatic heterocycles. The highest BCUT2D eigenvalue weighted by Gasteiger charge is 2.29. The number of hydrogen-bond donors (Lipinski definition) is 1. The minimum Gasteiger partial charge on any atom is -0.494 e. The Morgan fingerprint density at radius 3 is 2.71 bits per heavy atom. The molecule has 4 rings (SSSR count). The zero-order chi connectivity index (χ0) is 22.4. The molecule has 6 nitrogen and oxygen atoms in total. The first-order valence-corrected chi connectivity index (χ1v) is 10.7. The average Bonchev–Trinajstić information content (AvgIpc) is 3.33. The largest absolute Gasteiger partial charge is 0.494 e.